The third kappa shape index (κ3) is 4.18. The van der Waals surface area contributed by atoms with Crippen LogP contribution in [0.3, 0.4) is 0 Å². The molecule has 0 fully saturated rings. The van der Waals surface area contributed by atoms with E-state index in [1.54, 1.807) is 0 Å². The number of carbonyl (C=O) groups is 1. The molecular formula is C18H15F4N3O2. The number of hydrogen-bond acceptors (Lipinski definition) is 3. The van der Waals surface area contributed by atoms with Crippen LogP contribution in [0.15, 0.2) is 42.6 Å². The maximum Gasteiger partial charge on any atom is 0.416 e. The van der Waals surface area contributed by atoms with E-state index in [1.165, 1.54) is 34.9 Å². The second-order valence-corrected chi connectivity index (χ2v) is 5.88. The zero-order chi connectivity index (χ0) is 19.6. The number of alkyl halides is 3. The normalized spacial score (nSPS) is 11.7. The molecule has 2 aromatic heterocycles. The summed E-state index contributed by atoms with van der Waals surface area (Å²) in [5.74, 6) is -1.06. The molecule has 0 saturated heterocycles. The van der Waals surface area contributed by atoms with E-state index < -0.39 is 23.5 Å². The van der Waals surface area contributed by atoms with Gasteiger partial charge in [0.25, 0.3) is 0 Å². The fraction of sp³-hybridized carbons (Fsp3) is 0.222. The predicted molar refractivity (Wildman–Crippen MR) is 90.9 cm³/mol. The molecule has 0 amide bonds. The lowest BCUT2D eigenvalue weighted by molar-refractivity contribution is -0.138. The largest absolute Gasteiger partial charge is 0.481 e. The topological polar surface area (TPSA) is 66.6 Å². The van der Waals surface area contributed by atoms with E-state index in [1.807, 2.05) is 0 Å². The minimum atomic E-state index is -4.45. The number of carboxylic acids is 1. The molecule has 0 unspecified atom stereocenters. The number of anilines is 1. The van der Waals surface area contributed by atoms with Gasteiger partial charge in [-0.05, 0) is 30.7 Å². The zero-order valence-corrected chi connectivity index (χ0v) is 13.9. The van der Waals surface area contributed by atoms with Gasteiger partial charge in [0.1, 0.15) is 23.0 Å². The third-order valence-corrected chi connectivity index (χ3v) is 3.93. The predicted octanol–water partition coefficient (Wildman–Crippen LogP) is 4.44. The van der Waals surface area contributed by atoms with E-state index in [2.05, 4.69) is 10.3 Å². The first-order valence-electron chi connectivity index (χ1n) is 8.06. The number of aromatic nitrogens is 2. The number of fused-ring (bicyclic) bond motifs is 1. The van der Waals surface area contributed by atoms with Crippen molar-refractivity contribution in [2.24, 2.45) is 0 Å². The van der Waals surface area contributed by atoms with Gasteiger partial charge in [0, 0.05) is 24.7 Å². The van der Waals surface area contributed by atoms with Gasteiger partial charge in [0.15, 0.2) is 0 Å². The number of imidazole rings is 1. The number of rotatable bonds is 6. The highest BCUT2D eigenvalue weighted by Crippen LogP contribution is 2.33. The lowest BCUT2D eigenvalue weighted by Crippen LogP contribution is -2.08. The number of benzene rings is 1. The molecule has 0 atom stereocenters. The summed E-state index contributed by atoms with van der Waals surface area (Å²) in [6.07, 6.45) is -2.97. The summed E-state index contributed by atoms with van der Waals surface area (Å²) in [4.78, 5) is 15.0. The lowest BCUT2D eigenvalue weighted by atomic mass is 10.1. The molecule has 0 aliphatic rings. The molecule has 3 aromatic rings. The van der Waals surface area contributed by atoms with Crippen molar-refractivity contribution in [2.75, 3.05) is 11.9 Å². The van der Waals surface area contributed by atoms with E-state index >= 15 is 0 Å². The van der Waals surface area contributed by atoms with Crippen LogP contribution < -0.4 is 5.32 Å². The number of hydrogen-bond donors (Lipinski definition) is 2. The molecule has 0 spiro atoms. The summed E-state index contributed by atoms with van der Waals surface area (Å²) >= 11 is 0. The number of nitrogens with zero attached hydrogens (tertiary/aromatic N) is 2. The van der Waals surface area contributed by atoms with Crippen LogP contribution >= 0.6 is 0 Å². The fourth-order valence-corrected chi connectivity index (χ4v) is 2.65. The van der Waals surface area contributed by atoms with Crippen LogP contribution in [0, 0.1) is 5.82 Å². The molecule has 0 bridgehead atoms. The van der Waals surface area contributed by atoms with Gasteiger partial charge in [-0.3, -0.25) is 9.20 Å². The van der Waals surface area contributed by atoms with Crippen LogP contribution in [0.1, 0.15) is 18.4 Å². The molecule has 3 rings (SSSR count). The maximum absolute atomic E-state index is 13.6. The molecule has 9 heteroatoms. The van der Waals surface area contributed by atoms with Crippen molar-refractivity contribution in [3.63, 3.8) is 0 Å². The number of halogens is 4. The zero-order valence-electron chi connectivity index (χ0n) is 13.9. The summed E-state index contributed by atoms with van der Waals surface area (Å²) in [5, 5.41) is 11.7. The molecule has 27 heavy (non-hydrogen) atoms. The van der Waals surface area contributed by atoms with Crippen LogP contribution in [0.25, 0.3) is 16.9 Å². The van der Waals surface area contributed by atoms with Crippen molar-refractivity contribution in [3.05, 3.63) is 54.0 Å². The summed E-state index contributed by atoms with van der Waals surface area (Å²) in [7, 11) is 0. The Kier molecular flexibility index (Phi) is 5.02. The van der Waals surface area contributed by atoms with Gasteiger partial charge in [0.05, 0.1) is 5.56 Å². The highest BCUT2D eigenvalue weighted by molar-refractivity contribution is 5.76. The molecule has 2 heterocycles. The van der Waals surface area contributed by atoms with Crippen LogP contribution in [0.2, 0.25) is 0 Å². The Balaban J connectivity index is 1.98. The lowest BCUT2D eigenvalue weighted by Gasteiger charge is -2.10. The van der Waals surface area contributed by atoms with E-state index in [9.17, 15) is 22.4 Å². The van der Waals surface area contributed by atoms with Crippen LogP contribution in [0.4, 0.5) is 23.4 Å². The molecule has 5 nitrogen and oxygen atoms in total. The Morgan fingerprint density at radius 2 is 1.85 bits per heavy atom. The van der Waals surface area contributed by atoms with Gasteiger partial charge in [-0.1, -0.05) is 12.1 Å². The van der Waals surface area contributed by atoms with Crippen LogP contribution in [-0.4, -0.2) is 27.0 Å². The van der Waals surface area contributed by atoms with Gasteiger partial charge in [-0.2, -0.15) is 13.2 Å². The second kappa shape index (κ2) is 7.26. The van der Waals surface area contributed by atoms with Crippen LogP contribution in [-0.2, 0) is 11.0 Å². The molecule has 0 radical (unpaired) electrons. The van der Waals surface area contributed by atoms with Gasteiger partial charge >= 0.3 is 12.1 Å². The molecule has 0 aliphatic heterocycles. The molecule has 1 aromatic carbocycles. The van der Waals surface area contributed by atoms with E-state index in [0.29, 0.717) is 29.1 Å². The quantitative estimate of drug-likeness (QED) is 0.490. The summed E-state index contributed by atoms with van der Waals surface area (Å²) in [5.41, 5.74) is 0.404. The van der Waals surface area contributed by atoms with E-state index in [0.717, 1.165) is 12.1 Å². The fourth-order valence-electron chi connectivity index (χ4n) is 2.65. The van der Waals surface area contributed by atoms with Crippen molar-refractivity contribution in [1.29, 1.82) is 0 Å². The first kappa shape index (κ1) is 18.7. The van der Waals surface area contributed by atoms with Crippen molar-refractivity contribution < 1.29 is 27.5 Å². The van der Waals surface area contributed by atoms with E-state index in [4.69, 9.17) is 5.11 Å². The average Bonchev–Trinajstić information content (AvgIpc) is 2.96. The smallest absolute Gasteiger partial charge is 0.416 e. The molecule has 0 aliphatic carbocycles. The highest BCUT2D eigenvalue weighted by atomic mass is 19.4. The molecule has 142 valence electrons. The van der Waals surface area contributed by atoms with Crippen molar-refractivity contribution >= 4 is 17.4 Å². The van der Waals surface area contributed by atoms with Gasteiger partial charge in [-0.15, -0.1) is 0 Å². The maximum atomic E-state index is 13.6. The SMILES string of the molecule is O=C(O)CCCNc1c(-c2ccc(C(F)(F)F)cc2)nc2ccc(F)cn12. The Morgan fingerprint density at radius 1 is 1.15 bits per heavy atom. The second-order valence-electron chi connectivity index (χ2n) is 5.88. The van der Waals surface area contributed by atoms with Crippen LogP contribution in [0.5, 0.6) is 0 Å². The minimum absolute atomic E-state index is 0.0479. The Hall–Kier alpha value is -3.10. The number of aliphatic carboxylic acids is 1. The summed E-state index contributed by atoms with van der Waals surface area (Å²) in [6, 6.07) is 7.17. The third-order valence-electron chi connectivity index (χ3n) is 3.93. The summed E-state index contributed by atoms with van der Waals surface area (Å²) in [6.45, 7) is 0.282. The first-order valence-corrected chi connectivity index (χ1v) is 8.06. The molecule has 2 N–H and O–H groups in total. The average molecular weight is 381 g/mol. The van der Waals surface area contributed by atoms with Gasteiger partial charge < -0.3 is 10.4 Å². The monoisotopic (exact) mass is 381 g/mol. The standard InChI is InChI=1S/C18H15F4N3O2/c19-13-7-8-14-24-16(11-3-5-12(6-4-11)18(20,21)22)17(25(14)10-13)23-9-1-2-15(26)27/h3-8,10,23H,1-2,9H2,(H,26,27). The Morgan fingerprint density at radius 3 is 2.48 bits per heavy atom. The Labute approximate surface area is 151 Å². The van der Waals surface area contributed by atoms with Gasteiger partial charge in [0.2, 0.25) is 0 Å². The first-order chi connectivity index (χ1) is 12.8. The number of carboxylic acid groups (broad SMARTS) is 1. The molecule has 0 saturated carbocycles. The summed E-state index contributed by atoms with van der Waals surface area (Å²) < 4.78 is 53.4. The van der Waals surface area contributed by atoms with Crippen molar-refractivity contribution in [2.45, 2.75) is 19.0 Å². The Bertz CT molecular complexity index is 965. The van der Waals surface area contributed by atoms with E-state index in [-0.39, 0.29) is 13.0 Å². The van der Waals surface area contributed by atoms with Crippen molar-refractivity contribution in [1.82, 2.24) is 9.38 Å². The highest BCUT2D eigenvalue weighted by Gasteiger charge is 2.30. The number of pyridine rings is 1. The van der Waals surface area contributed by atoms with Gasteiger partial charge in [-0.25, -0.2) is 9.37 Å². The minimum Gasteiger partial charge on any atom is -0.481 e. The molecular weight excluding hydrogens is 366 g/mol. The van der Waals surface area contributed by atoms with Crippen molar-refractivity contribution in [3.8, 4) is 11.3 Å². The number of nitrogens with one attached hydrogen (secondary N) is 1.